The largest absolute Gasteiger partial charge is 0.447 e. The van der Waals surface area contributed by atoms with Crippen LogP contribution in [0.4, 0.5) is 26.3 Å². The number of ether oxygens (including phenoxy) is 2. The van der Waals surface area contributed by atoms with Gasteiger partial charge in [0, 0.05) is 0 Å². The van der Waals surface area contributed by atoms with Crippen LogP contribution in [0.1, 0.15) is 0 Å². The van der Waals surface area contributed by atoms with Gasteiger partial charge in [-0.2, -0.15) is 26.3 Å². The van der Waals surface area contributed by atoms with Gasteiger partial charge in [0.25, 0.3) is 0 Å². The second-order valence-corrected chi connectivity index (χ2v) is 16.1. The maximum absolute atomic E-state index is 15.2. The van der Waals surface area contributed by atoms with Crippen LogP contribution < -0.4 is 19.8 Å². The van der Waals surface area contributed by atoms with Crippen molar-refractivity contribution in [2.75, 3.05) is 0 Å². The van der Waals surface area contributed by atoms with Crippen LogP contribution >= 0.6 is 0 Å². The molecule has 1 fully saturated rings. The highest BCUT2D eigenvalue weighted by atomic mass is 28.4. The first-order valence-electron chi connectivity index (χ1n) is 9.54. The van der Waals surface area contributed by atoms with Crippen LogP contribution in [-0.2, 0) is 0 Å². The first kappa shape index (κ1) is 24.6. The molecule has 2 atom stereocenters. The molecule has 2 aromatic carbocycles. The predicted octanol–water partition coefficient (Wildman–Crippen LogP) is 3.57. The fourth-order valence-electron chi connectivity index (χ4n) is 3.19. The summed E-state index contributed by atoms with van der Waals surface area (Å²) >= 11 is 0. The minimum atomic E-state index is -5.54. The molecule has 0 aliphatic heterocycles. The van der Waals surface area contributed by atoms with E-state index in [4.69, 9.17) is 0 Å². The van der Waals surface area contributed by atoms with E-state index in [-0.39, 0.29) is 0 Å². The average molecular weight is 497 g/mol. The zero-order valence-electron chi connectivity index (χ0n) is 17.6. The monoisotopic (exact) mass is 496 g/mol. The van der Waals surface area contributed by atoms with E-state index in [0.717, 1.165) is 24.3 Å². The third-order valence-electron chi connectivity index (χ3n) is 5.25. The Morgan fingerprint density at radius 2 is 0.812 bits per heavy atom. The molecule has 0 amide bonds. The summed E-state index contributed by atoms with van der Waals surface area (Å²) in [7, 11) is -5.58. The van der Waals surface area contributed by atoms with Crippen LogP contribution in [0.25, 0.3) is 0 Å². The Morgan fingerprint density at radius 3 is 1.03 bits per heavy atom. The van der Waals surface area contributed by atoms with E-state index < -0.39 is 51.7 Å². The summed E-state index contributed by atoms with van der Waals surface area (Å²) in [5, 5.41) is 0.864. The molecule has 1 aliphatic carbocycles. The highest BCUT2D eigenvalue weighted by molar-refractivity contribution is 6.83. The van der Waals surface area contributed by atoms with Gasteiger partial charge in [-0.05, 0) is 60.8 Å². The molecule has 3 rings (SSSR count). The van der Waals surface area contributed by atoms with Crippen molar-refractivity contribution < 1.29 is 45.4 Å². The van der Waals surface area contributed by atoms with Gasteiger partial charge in [0.1, 0.15) is 11.5 Å². The molecular weight excluding hydrogens is 474 g/mol. The van der Waals surface area contributed by atoms with Crippen LogP contribution in [0.3, 0.4) is 0 Å². The normalized spacial score (nSPS) is 26.9. The minimum absolute atomic E-state index is 0.432. The van der Waals surface area contributed by atoms with Crippen LogP contribution in [0, 0.1) is 0 Å². The molecule has 176 valence electrons. The van der Waals surface area contributed by atoms with Gasteiger partial charge in [-0.15, -0.1) is 0 Å². The summed E-state index contributed by atoms with van der Waals surface area (Å²) < 4.78 is 95.6. The Labute approximate surface area is 182 Å². The summed E-state index contributed by atoms with van der Waals surface area (Å²) in [5.41, 5.74) is 0. The molecule has 12 heteroatoms. The number of benzene rings is 2. The molecule has 2 unspecified atom stereocenters. The second kappa shape index (κ2) is 7.24. The Morgan fingerprint density at radius 1 is 0.562 bits per heavy atom. The van der Waals surface area contributed by atoms with Crippen molar-refractivity contribution in [2.45, 2.75) is 49.7 Å². The van der Waals surface area contributed by atoms with Crippen molar-refractivity contribution >= 4 is 27.0 Å². The van der Waals surface area contributed by atoms with Gasteiger partial charge in [-0.3, -0.25) is 0 Å². The molecule has 0 bridgehead atoms. The zero-order valence-corrected chi connectivity index (χ0v) is 19.6. The highest BCUT2D eigenvalue weighted by Crippen LogP contribution is 2.68. The lowest BCUT2D eigenvalue weighted by Crippen LogP contribution is -2.89. The standard InChI is InChI=1S/C20H22F6O4Si2/c1-31(2,27)15-9-5-13(6-10-15)29-19(25)17(21,22)18(23,24)20(19,26)30-14-7-11-16(12-8-14)32(3,4)28/h5-12,27-28H,1-4H3. The molecule has 0 spiro atoms. The van der Waals surface area contributed by atoms with Gasteiger partial charge < -0.3 is 19.1 Å². The molecule has 0 heterocycles. The summed E-state index contributed by atoms with van der Waals surface area (Å²) in [4.78, 5) is 20.1. The first-order valence-corrected chi connectivity index (χ1v) is 15.4. The van der Waals surface area contributed by atoms with Gasteiger partial charge in [0.15, 0.2) is 0 Å². The minimum Gasteiger partial charge on any atom is -0.447 e. The Kier molecular flexibility index (Phi) is 5.57. The molecule has 0 aromatic heterocycles. The third-order valence-corrected chi connectivity index (χ3v) is 8.75. The summed E-state index contributed by atoms with van der Waals surface area (Å²) in [6.45, 7) is 6.25. The fourth-order valence-corrected chi connectivity index (χ4v) is 5.16. The summed E-state index contributed by atoms with van der Waals surface area (Å²) in [5.74, 6) is -22.1. The van der Waals surface area contributed by atoms with E-state index in [1.165, 1.54) is 24.3 Å². The fraction of sp³-hybridized carbons (Fsp3) is 0.400. The molecule has 0 saturated heterocycles. The number of hydrogen-bond donors (Lipinski definition) is 2. The topological polar surface area (TPSA) is 58.9 Å². The van der Waals surface area contributed by atoms with Gasteiger partial charge in [0.05, 0.1) is 0 Å². The zero-order chi connectivity index (χ0) is 24.4. The van der Waals surface area contributed by atoms with Crippen molar-refractivity contribution in [3.8, 4) is 11.5 Å². The third kappa shape index (κ3) is 3.53. The summed E-state index contributed by atoms with van der Waals surface area (Å²) in [6, 6.07) is 8.88. The molecule has 1 saturated carbocycles. The quantitative estimate of drug-likeness (QED) is 0.474. The number of alkyl halides is 6. The first-order chi connectivity index (χ1) is 14.4. The molecule has 1 aliphatic rings. The average Bonchev–Trinajstić information content (AvgIpc) is 2.66. The molecule has 2 N–H and O–H groups in total. The molecule has 32 heavy (non-hydrogen) atoms. The van der Waals surface area contributed by atoms with Gasteiger partial charge in [0.2, 0.25) is 16.6 Å². The van der Waals surface area contributed by atoms with E-state index in [0.29, 0.717) is 10.4 Å². The molecule has 0 radical (unpaired) electrons. The van der Waals surface area contributed by atoms with Gasteiger partial charge in [-0.25, -0.2) is 0 Å². The maximum Gasteiger partial charge on any atom is 0.395 e. The molecule has 2 aromatic rings. The summed E-state index contributed by atoms with van der Waals surface area (Å²) in [6.07, 6.45) is 0. The maximum atomic E-state index is 15.2. The lowest BCUT2D eigenvalue weighted by molar-refractivity contribution is -0.527. The van der Waals surface area contributed by atoms with E-state index in [2.05, 4.69) is 9.47 Å². The smallest absolute Gasteiger partial charge is 0.395 e. The van der Waals surface area contributed by atoms with E-state index >= 15 is 8.78 Å². The van der Waals surface area contributed by atoms with Crippen LogP contribution in [-0.4, -0.2) is 49.8 Å². The van der Waals surface area contributed by atoms with Crippen molar-refractivity contribution in [1.29, 1.82) is 0 Å². The number of rotatable bonds is 6. The van der Waals surface area contributed by atoms with Gasteiger partial charge >= 0.3 is 23.6 Å². The van der Waals surface area contributed by atoms with Crippen molar-refractivity contribution in [3.05, 3.63) is 48.5 Å². The predicted molar refractivity (Wildman–Crippen MR) is 110 cm³/mol. The number of hydrogen-bond acceptors (Lipinski definition) is 4. The molecular formula is C20H22F6O4Si2. The van der Waals surface area contributed by atoms with Crippen molar-refractivity contribution in [3.63, 3.8) is 0 Å². The lowest BCUT2D eigenvalue weighted by atomic mass is 9.76. The lowest BCUT2D eigenvalue weighted by Gasteiger charge is -2.55. The molecule has 4 nitrogen and oxygen atoms in total. The number of halogens is 6. The van der Waals surface area contributed by atoms with Crippen LogP contribution in [0.2, 0.25) is 26.2 Å². The second-order valence-electron chi connectivity index (χ2n) is 8.71. The van der Waals surface area contributed by atoms with Gasteiger partial charge in [-0.1, -0.05) is 24.3 Å². The highest BCUT2D eigenvalue weighted by Gasteiger charge is 3.03. The van der Waals surface area contributed by atoms with Crippen molar-refractivity contribution in [2.24, 2.45) is 0 Å². The Bertz CT molecular complexity index is 908. The van der Waals surface area contributed by atoms with Crippen LogP contribution in [0.15, 0.2) is 48.5 Å². The van der Waals surface area contributed by atoms with E-state index in [9.17, 15) is 27.2 Å². The van der Waals surface area contributed by atoms with E-state index in [1.807, 2.05) is 0 Å². The Hall–Kier alpha value is -2.03. The SMILES string of the molecule is C[Si](C)(O)c1ccc(OC2(F)C(F)(F)C(F)(F)C2(F)Oc2ccc([Si](C)(C)O)cc2)cc1. The Balaban J connectivity index is 1.94. The van der Waals surface area contributed by atoms with Crippen LogP contribution in [0.5, 0.6) is 11.5 Å². The van der Waals surface area contributed by atoms with Crippen molar-refractivity contribution in [1.82, 2.24) is 0 Å². The van der Waals surface area contributed by atoms with E-state index in [1.54, 1.807) is 26.2 Å².